The van der Waals surface area contributed by atoms with Crippen molar-refractivity contribution in [3.05, 3.63) is 57.9 Å². The molecule has 0 fully saturated rings. The highest BCUT2D eigenvalue weighted by Gasteiger charge is 2.48. The van der Waals surface area contributed by atoms with E-state index in [9.17, 15) is 19.2 Å². The molecule has 0 atom stereocenters. The van der Waals surface area contributed by atoms with E-state index < -0.39 is 23.4 Å². The van der Waals surface area contributed by atoms with Crippen LogP contribution in [0.25, 0.3) is 0 Å². The number of hydrogen-bond acceptors (Lipinski definition) is 5. The summed E-state index contributed by atoms with van der Waals surface area (Å²) in [6.45, 7) is 0. The van der Waals surface area contributed by atoms with Gasteiger partial charge in [-0.3, -0.25) is 24.1 Å². The SMILES string of the molecule is O=C1Nc2ccccc2N2C(=O)C(=O)C(C(=O)c3cccs3)=C12. The van der Waals surface area contributed by atoms with Crippen LogP contribution in [0.4, 0.5) is 11.4 Å². The fraction of sp³-hybridized carbons (Fsp3) is 0. The number of fused-ring (bicyclic) bond motifs is 3. The number of hydrogen-bond donors (Lipinski definition) is 1. The first-order valence-electron chi connectivity index (χ1n) is 6.71. The van der Waals surface area contributed by atoms with E-state index in [4.69, 9.17) is 0 Å². The summed E-state index contributed by atoms with van der Waals surface area (Å²) in [6.07, 6.45) is 0. The highest BCUT2D eigenvalue weighted by atomic mass is 32.1. The van der Waals surface area contributed by atoms with Crippen LogP contribution in [0.3, 0.4) is 0 Å². The molecule has 23 heavy (non-hydrogen) atoms. The molecule has 4 rings (SSSR count). The molecule has 112 valence electrons. The van der Waals surface area contributed by atoms with Gasteiger partial charge < -0.3 is 5.32 Å². The Bertz CT molecular complexity index is 927. The molecule has 2 amide bonds. The summed E-state index contributed by atoms with van der Waals surface area (Å²) < 4.78 is 0. The molecule has 1 N–H and O–H groups in total. The van der Waals surface area contributed by atoms with E-state index >= 15 is 0 Å². The largest absolute Gasteiger partial charge is 0.319 e. The van der Waals surface area contributed by atoms with E-state index in [0.29, 0.717) is 16.3 Å². The minimum absolute atomic E-state index is 0.197. The third-order valence-electron chi connectivity index (χ3n) is 3.67. The zero-order chi connectivity index (χ0) is 16.1. The number of anilines is 2. The van der Waals surface area contributed by atoms with E-state index in [2.05, 4.69) is 5.32 Å². The Labute approximate surface area is 134 Å². The molecule has 0 aliphatic carbocycles. The Hall–Kier alpha value is -3.06. The van der Waals surface area contributed by atoms with Crippen LogP contribution < -0.4 is 10.2 Å². The smallest absolute Gasteiger partial charge is 0.304 e. The average molecular weight is 324 g/mol. The van der Waals surface area contributed by atoms with Crippen LogP contribution in [0.5, 0.6) is 0 Å². The molecule has 7 heteroatoms. The van der Waals surface area contributed by atoms with Crippen LogP contribution in [-0.4, -0.2) is 23.4 Å². The molecule has 2 aromatic rings. The lowest BCUT2D eigenvalue weighted by Crippen LogP contribution is -2.37. The lowest BCUT2D eigenvalue weighted by molar-refractivity contribution is -0.132. The summed E-state index contributed by atoms with van der Waals surface area (Å²) in [5.41, 5.74) is 0.239. The molecule has 0 saturated carbocycles. The van der Waals surface area contributed by atoms with E-state index in [0.717, 1.165) is 16.2 Å². The number of benzene rings is 1. The van der Waals surface area contributed by atoms with Crippen LogP contribution in [0.1, 0.15) is 9.67 Å². The molecule has 0 bridgehead atoms. The van der Waals surface area contributed by atoms with Crippen LogP contribution in [0, 0.1) is 0 Å². The highest BCUT2D eigenvalue weighted by Crippen LogP contribution is 2.39. The summed E-state index contributed by atoms with van der Waals surface area (Å²) >= 11 is 1.15. The second-order valence-corrected chi connectivity index (χ2v) is 5.92. The molecule has 0 radical (unpaired) electrons. The van der Waals surface area contributed by atoms with E-state index in [1.165, 1.54) is 0 Å². The second kappa shape index (κ2) is 4.72. The van der Waals surface area contributed by atoms with Gasteiger partial charge in [-0.15, -0.1) is 11.3 Å². The summed E-state index contributed by atoms with van der Waals surface area (Å²) in [5.74, 6) is -3.08. The maximum atomic E-state index is 12.5. The van der Waals surface area contributed by atoms with Gasteiger partial charge in [0.15, 0.2) is 0 Å². The van der Waals surface area contributed by atoms with Crippen molar-refractivity contribution in [3.63, 3.8) is 0 Å². The van der Waals surface area contributed by atoms with Crippen molar-refractivity contribution in [2.75, 3.05) is 10.2 Å². The van der Waals surface area contributed by atoms with Gasteiger partial charge in [0.25, 0.3) is 11.7 Å². The van der Waals surface area contributed by atoms with Gasteiger partial charge in [0.1, 0.15) is 11.3 Å². The monoisotopic (exact) mass is 324 g/mol. The van der Waals surface area contributed by atoms with E-state index in [1.807, 2.05) is 0 Å². The summed E-state index contributed by atoms with van der Waals surface area (Å²) in [4.78, 5) is 50.9. The number of carbonyl (C=O) groups excluding carboxylic acids is 4. The maximum absolute atomic E-state index is 12.5. The molecular weight excluding hydrogens is 316 g/mol. The first kappa shape index (κ1) is 13.6. The van der Waals surface area contributed by atoms with Gasteiger partial charge in [0.05, 0.1) is 16.3 Å². The van der Waals surface area contributed by atoms with Gasteiger partial charge in [-0.2, -0.15) is 0 Å². The van der Waals surface area contributed by atoms with Crippen molar-refractivity contribution < 1.29 is 19.2 Å². The predicted octanol–water partition coefficient (Wildman–Crippen LogP) is 1.75. The van der Waals surface area contributed by atoms with Gasteiger partial charge in [0.2, 0.25) is 5.78 Å². The van der Waals surface area contributed by atoms with Crippen LogP contribution in [-0.2, 0) is 14.4 Å². The Morgan fingerprint density at radius 3 is 2.57 bits per heavy atom. The number of nitrogens with one attached hydrogen (secondary N) is 1. The topological polar surface area (TPSA) is 83.6 Å². The highest BCUT2D eigenvalue weighted by molar-refractivity contribution is 7.12. The standard InChI is InChI=1S/C16H8N2O4S/c19-13(10-6-3-7-23-10)11-12-15(21)17-8-4-1-2-5-9(8)18(12)16(22)14(11)20/h1-7H,(H,17,21). The van der Waals surface area contributed by atoms with E-state index in [-0.39, 0.29) is 11.3 Å². The van der Waals surface area contributed by atoms with Crippen LogP contribution >= 0.6 is 11.3 Å². The Kier molecular flexibility index (Phi) is 2.79. The molecule has 3 heterocycles. The molecule has 2 aliphatic rings. The molecule has 6 nitrogen and oxygen atoms in total. The van der Waals surface area contributed by atoms with Crippen molar-refractivity contribution in [1.82, 2.24) is 0 Å². The van der Waals surface area contributed by atoms with Gasteiger partial charge in [-0.1, -0.05) is 18.2 Å². The number of carbonyl (C=O) groups is 4. The number of para-hydroxylation sites is 2. The fourth-order valence-electron chi connectivity index (χ4n) is 2.67. The lowest BCUT2D eigenvalue weighted by atomic mass is 10.0. The number of rotatable bonds is 2. The normalized spacial score (nSPS) is 16.3. The van der Waals surface area contributed by atoms with Gasteiger partial charge >= 0.3 is 5.91 Å². The molecule has 1 aromatic heterocycles. The third kappa shape index (κ3) is 1.80. The van der Waals surface area contributed by atoms with Crippen molar-refractivity contribution in [3.8, 4) is 0 Å². The zero-order valence-electron chi connectivity index (χ0n) is 11.5. The summed E-state index contributed by atoms with van der Waals surface area (Å²) in [7, 11) is 0. The van der Waals surface area contributed by atoms with Gasteiger partial charge in [0, 0.05) is 0 Å². The number of nitrogens with zero attached hydrogens (tertiary/aromatic N) is 1. The van der Waals surface area contributed by atoms with Crippen LogP contribution in [0.2, 0.25) is 0 Å². The first-order chi connectivity index (χ1) is 11.1. The number of ketones is 2. The molecular formula is C16H8N2O4S. The van der Waals surface area contributed by atoms with Crippen LogP contribution in [0.15, 0.2) is 53.0 Å². The maximum Gasteiger partial charge on any atom is 0.304 e. The fourth-order valence-corrected chi connectivity index (χ4v) is 3.34. The third-order valence-corrected chi connectivity index (χ3v) is 4.53. The number of amides is 2. The van der Waals surface area contributed by atoms with Crippen molar-refractivity contribution in [2.24, 2.45) is 0 Å². The number of thiophene rings is 1. The molecule has 2 aliphatic heterocycles. The zero-order valence-corrected chi connectivity index (χ0v) is 12.3. The van der Waals surface area contributed by atoms with Crippen molar-refractivity contribution in [1.29, 1.82) is 0 Å². The van der Waals surface area contributed by atoms with E-state index in [1.54, 1.807) is 41.8 Å². The summed E-state index contributed by atoms with van der Waals surface area (Å²) in [5, 5.41) is 4.30. The van der Waals surface area contributed by atoms with Crippen molar-refractivity contribution in [2.45, 2.75) is 0 Å². The molecule has 1 aromatic carbocycles. The van der Waals surface area contributed by atoms with Gasteiger partial charge in [-0.25, -0.2) is 0 Å². The second-order valence-electron chi connectivity index (χ2n) is 4.97. The Morgan fingerprint density at radius 2 is 1.83 bits per heavy atom. The minimum atomic E-state index is -0.953. The molecule has 0 unspecified atom stereocenters. The van der Waals surface area contributed by atoms with Crippen molar-refractivity contribution >= 4 is 46.1 Å². The van der Waals surface area contributed by atoms with Gasteiger partial charge in [-0.05, 0) is 23.6 Å². The quantitative estimate of drug-likeness (QED) is 0.518. The Balaban J connectivity index is 1.95. The lowest BCUT2D eigenvalue weighted by Gasteiger charge is -2.27. The predicted molar refractivity (Wildman–Crippen MR) is 83.2 cm³/mol. The Morgan fingerprint density at radius 1 is 1.04 bits per heavy atom. The molecule has 0 spiro atoms. The molecule has 0 saturated heterocycles. The number of Topliss-reactive ketones (excluding diaryl/α,β-unsaturated/α-hetero) is 2. The first-order valence-corrected chi connectivity index (χ1v) is 7.59. The summed E-state index contributed by atoms with van der Waals surface area (Å²) in [6, 6.07) is 9.84. The minimum Gasteiger partial charge on any atom is -0.319 e. The average Bonchev–Trinajstić information content (AvgIpc) is 3.16.